The average Bonchev–Trinajstić information content (AvgIpc) is 3.28. The molecule has 1 aromatic rings. The topological polar surface area (TPSA) is 15.3 Å². The van der Waals surface area contributed by atoms with E-state index >= 15 is 0 Å². The van der Waals surface area contributed by atoms with Gasteiger partial charge in [-0.15, -0.1) is 0 Å². The van der Waals surface area contributed by atoms with Gasteiger partial charge in [-0.2, -0.15) is 0 Å². The van der Waals surface area contributed by atoms with Crippen molar-refractivity contribution in [2.75, 3.05) is 13.1 Å². The molecule has 1 saturated carbocycles. The zero-order valence-corrected chi connectivity index (χ0v) is 13.1. The van der Waals surface area contributed by atoms with Gasteiger partial charge >= 0.3 is 0 Å². The maximum absolute atomic E-state index is 3.77. The molecule has 2 heteroatoms. The van der Waals surface area contributed by atoms with Crippen molar-refractivity contribution in [2.24, 2.45) is 0 Å². The molecule has 0 spiro atoms. The van der Waals surface area contributed by atoms with Crippen molar-refractivity contribution >= 4 is 0 Å². The molecule has 0 saturated heterocycles. The van der Waals surface area contributed by atoms with Crippen LogP contribution in [-0.2, 0) is 0 Å². The lowest BCUT2D eigenvalue weighted by Crippen LogP contribution is -2.48. The molecule has 1 aromatic carbocycles. The first kappa shape index (κ1) is 14.1. The van der Waals surface area contributed by atoms with Gasteiger partial charge in [0.15, 0.2) is 0 Å². The molecule has 0 amide bonds. The second-order valence-corrected chi connectivity index (χ2v) is 6.43. The van der Waals surface area contributed by atoms with E-state index in [0.717, 1.165) is 12.6 Å². The highest BCUT2D eigenvalue weighted by molar-refractivity contribution is 5.37. The van der Waals surface area contributed by atoms with Crippen molar-refractivity contribution in [3.63, 3.8) is 0 Å². The fraction of sp³-hybridized carbons (Fsp3) is 0.667. The van der Waals surface area contributed by atoms with Gasteiger partial charge in [-0.1, -0.05) is 45.0 Å². The van der Waals surface area contributed by atoms with Gasteiger partial charge in [-0.05, 0) is 49.4 Å². The molecular weight excluding hydrogens is 244 g/mol. The molecule has 0 aromatic heterocycles. The van der Waals surface area contributed by atoms with Crippen LogP contribution in [0.15, 0.2) is 24.3 Å². The van der Waals surface area contributed by atoms with E-state index in [1.807, 2.05) is 0 Å². The van der Waals surface area contributed by atoms with Crippen molar-refractivity contribution in [1.29, 1.82) is 0 Å². The van der Waals surface area contributed by atoms with Crippen LogP contribution in [0.4, 0.5) is 0 Å². The number of benzene rings is 1. The van der Waals surface area contributed by atoms with Crippen LogP contribution in [0.3, 0.4) is 0 Å². The summed E-state index contributed by atoms with van der Waals surface area (Å²) in [5.41, 5.74) is 3.10. The first-order valence-electron chi connectivity index (χ1n) is 8.34. The molecule has 3 rings (SSSR count). The quantitative estimate of drug-likeness (QED) is 0.879. The minimum absolute atomic E-state index is 0.507. The average molecular weight is 272 g/mol. The third-order valence-corrected chi connectivity index (χ3v) is 5.07. The Kier molecular flexibility index (Phi) is 4.13. The number of likely N-dealkylation sites (N-methyl/N-ethyl adjacent to an activating group) is 2. The number of hydrogen-bond acceptors (Lipinski definition) is 2. The van der Waals surface area contributed by atoms with Gasteiger partial charge in [-0.3, -0.25) is 4.90 Å². The Morgan fingerprint density at radius 1 is 1.15 bits per heavy atom. The standard InChI is InChI=1S/C18H28N2/c1-4-19-18-16-9-7-6-8-15(16)13(3)12-17(18)20(5-2)14-10-11-14/h6-9,13-14,17-19H,4-5,10-12H2,1-3H3. The van der Waals surface area contributed by atoms with Crippen LogP contribution in [0, 0.1) is 0 Å². The van der Waals surface area contributed by atoms with Crippen LogP contribution in [0.2, 0.25) is 0 Å². The van der Waals surface area contributed by atoms with E-state index in [1.165, 1.54) is 31.4 Å². The fourth-order valence-corrected chi connectivity index (χ4v) is 4.04. The molecule has 2 aliphatic carbocycles. The lowest BCUT2D eigenvalue weighted by Gasteiger charge is -2.43. The number of nitrogens with zero attached hydrogens (tertiary/aromatic N) is 1. The van der Waals surface area contributed by atoms with Crippen LogP contribution in [0.25, 0.3) is 0 Å². The van der Waals surface area contributed by atoms with Gasteiger partial charge in [0.2, 0.25) is 0 Å². The summed E-state index contributed by atoms with van der Waals surface area (Å²) in [5.74, 6) is 0.680. The van der Waals surface area contributed by atoms with Gasteiger partial charge in [0.25, 0.3) is 0 Å². The van der Waals surface area contributed by atoms with E-state index < -0.39 is 0 Å². The Bertz CT molecular complexity index is 452. The Morgan fingerprint density at radius 3 is 2.45 bits per heavy atom. The lowest BCUT2D eigenvalue weighted by atomic mass is 9.77. The summed E-state index contributed by atoms with van der Waals surface area (Å²) in [6, 6.07) is 11.1. The molecule has 110 valence electrons. The molecule has 20 heavy (non-hydrogen) atoms. The van der Waals surface area contributed by atoms with E-state index in [4.69, 9.17) is 0 Å². The number of hydrogen-bond donors (Lipinski definition) is 1. The highest BCUT2D eigenvalue weighted by atomic mass is 15.2. The molecule has 1 fully saturated rings. The van der Waals surface area contributed by atoms with Crippen molar-refractivity contribution in [2.45, 2.75) is 64.1 Å². The fourth-order valence-electron chi connectivity index (χ4n) is 4.04. The lowest BCUT2D eigenvalue weighted by molar-refractivity contribution is 0.131. The highest BCUT2D eigenvalue weighted by Gasteiger charge is 2.40. The van der Waals surface area contributed by atoms with Crippen molar-refractivity contribution in [3.8, 4) is 0 Å². The number of fused-ring (bicyclic) bond motifs is 1. The summed E-state index contributed by atoms with van der Waals surface area (Å²) in [7, 11) is 0. The maximum atomic E-state index is 3.77. The molecule has 0 bridgehead atoms. The molecule has 0 radical (unpaired) electrons. The zero-order valence-electron chi connectivity index (χ0n) is 13.1. The highest BCUT2D eigenvalue weighted by Crippen LogP contribution is 2.42. The largest absolute Gasteiger partial charge is 0.309 e. The molecule has 0 heterocycles. The molecule has 3 unspecified atom stereocenters. The minimum Gasteiger partial charge on any atom is -0.309 e. The maximum Gasteiger partial charge on any atom is 0.0481 e. The third-order valence-electron chi connectivity index (χ3n) is 5.07. The predicted molar refractivity (Wildman–Crippen MR) is 85.1 cm³/mol. The van der Waals surface area contributed by atoms with Crippen molar-refractivity contribution < 1.29 is 0 Å². The monoisotopic (exact) mass is 272 g/mol. The molecule has 2 nitrogen and oxygen atoms in total. The summed E-state index contributed by atoms with van der Waals surface area (Å²) >= 11 is 0. The van der Waals surface area contributed by atoms with Crippen LogP contribution in [-0.4, -0.2) is 30.1 Å². The Labute approximate surface area is 123 Å². The van der Waals surface area contributed by atoms with Crippen molar-refractivity contribution in [1.82, 2.24) is 10.2 Å². The first-order valence-corrected chi connectivity index (χ1v) is 8.34. The predicted octanol–water partition coefficient (Wildman–Crippen LogP) is 3.70. The molecular formula is C18H28N2. The van der Waals surface area contributed by atoms with Gasteiger partial charge in [0.05, 0.1) is 0 Å². The van der Waals surface area contributed by atoms with E-state index in [9.17, 15) is 0 Å². The summed E-state index contributed by atoms with van der Waals surface area (Å²) < 4.78 is 0. The van der Waals surface area contributed by atoms with E-state index in [0.29, 0.717) is 18.0 Å². The Hall–Kier alpha value is -0.860. The molecule has 0 aliphatic heterocycles. The Morgan fingerprint density at radius 2 is 1.85 bits per heavy atom. The van der Waals surface area contributed by atoms with Gasteiger partial charge in [-0.25, -0.2) is 0 Å². The second kappa shape index (κ2) is 5.87. The summed E-state index contributed by atoms with van der Waals surface area (Å²) in [6.07, 6.45) is 4.09. The van der Waals surface area contributed by atoms with Gasteiger partial charge in [0.1, 0.15) is 0 Å². The van der Waals surface area contributed by atoms with E-state index in [-0.39, 0.29) is 0 Å². The smallest absolute Gasteiger partial charge is 0.0481 e. The summed E-state index contributed by atoms with van der Waals surface area (Å²) in [4.78, 5) is 2.76. The number of rotatable bonds is 5. The van der Waals surface area contributed by atoms with Crippen LogP contribution in [0.5, 0.6) is 0 Å². The minimum atomic E-state index is 0.507. The number of nitrogens with one attached hydrogen (secondary N) is 1. The normalized spacial score (nSPS) is 29.5. The van der Waals surface area contributed by atoms with Gasteiger partial charge in [0, 0.05) is 18.1 Å². The van der Waals surface area contributed by atoms with Crippen molar-refractivity contribution in [3.05, 3.63) is 35.4 Å². The third kappa shape index (κ3) is 2.51. The van der Waals surface area contributed by atoms with Crippen LogP contribution >= 0.6 is 0 Å². The molecule has 2 aliphatic rings. The second-order valence-electron chi connectivity index (χ2n) is 6.43. The zero-order chi connectivity index (χ0) is 14.1. The van der Waals surface area contributed by atoms with Crippen LogP contribution in [0.1, 0.15) is 63.1 Å². The summed E-state index contributed by atoms with van der Waals surface area (Å²) in [6.45, 7) is 9.19. The van der Waals surface area contributed by atoms with Gasteiger partial charge < -0.3 is 5.32 Å². The summed E-state index contributed by atoms with van der Waals surface area (Å²) in [5, 5.41) is 3.77. The molecule has 3 atom stereocenters. The molecule has 1 N–H and O–H groups in total. The van der Waals surface area contributed by atoms with Crippen LogP contribution < -0.4 is 5.32 Å². The SMILES string of the molecule is CCNC1c2ccccc2C(C)CC1N(CC)C1CC1. The van der Waals surface area contributed by atoms with E-state index in [2.05, 4.69) is 55.3 Å². The Balaban J connectivity index is 1.94. The van der Waals surface area contributed by atoms with E-state index in [1.54, 1.807) is 5.56 Å². The first-order chi connectivity index (χ1) is 9.76.